The highest BCUT2D eigenvalue weighted by atomic mass is 16.4. The molecular weight excluding hydrogens is 340 g/mol. The molecular formula is C21H20N4O2. The second-order valence-corrected chi connectivity index (χ2v) is 6.31. The van der Waals surface area contributed by atoms with E-state index in [-0.39, 0.29) is 11.6 Å². The SMILES string of the molecule is CN(C)CCNC(=O)c1nc(-c2ccc(C#N)cc2)oc1-c1ccccc1. The van der Waals surface area contributed by atoms with Gasteiger partial charge >= 0.3 is 0 Å². The number of nitrogens with zero attached hydrogens (tertiary/aromatic N) is 3. The molecule has 1 heterocycles. The summed E-state index contributed by atoms with van der Waals surface area (Å²) in [5.74, 6) is 0.493. The van der Waals surface area contributed by atoms with Crippen LogP contribution >= 0.6 is 0 Å². The maximum absolute atomic E-state index is 12.7. The lowest BCUT2D eigenvalue weighted by Crippen LogP contribution is -2.31. The number of rotatable bonds is 6. The van der Waals surface area contributed by atoms with Gasteiger partial charge in [-0.15, -0.1) is 0 Å². The van der Waals surface area contributed by atoms with Crippen LogP contribution in [0.1, 0.15) is 16.1 Å². The van der Waals surface area contributed by atoms with E-state index in [1.165, 1.54) is 0 Å². The highest BCUT2D eigenvalue weighted by molar-refractivity contribution is 5.98. The minimum Gasteiger partial charge on any atom is -0.435 e. The lowest BCUT2D eigenvalue weighted by Gasteiger charge is -2.09. The number of benzene rings is 2. The normalized spacial score (nSPS) is 10.6. The van der Waals surface area contributed by atoms with Gasteiger partial charge in [-0.2, -0.15) is 5.26 Å². The Hall–Kier alpha value is -3.43. The fraction of sp³-hybridized carbons (Fsp3) is 0.190. The van der Waals surface area contributed by atoms with Gasteiger partial charge in [-0.25, -0.2) is 4.98 Å². The largest absolute Gasteiger partial charge is 0.435 e. The molecule has 0 atom stereocenters. The van der Waals surface area contributed by atoms with Crippen molar-refractivity contribution in [2.45, 2.75) is 0 Å². The molecule has 1 aromatic heterocycles. The summed E-state index contributed by atoms with van der Waals surface area (Å²) in [7, 11) is 3.89. The quantitative estimate of drug-likeness (QED) is 0.730. The maximum atomic E-state index is 12.7. The van der Waals surface area contributed by atoms with Crippen LogP contribution in [-0.2, 0) is 0 Å². The third-order valence-electron chi connectivity index (χ3n) is 3.98. The number of hydrogen-bond donors (Lipinski definition) is 1. The fourth-order valence-electron chi connectivity index (χ4n) is 2.55. The van der Waals surface area contributed by atoms with Gasteiger partial charge in [0, 0.05) is 24.2 Å². The van der Waals surface area contributed by atoms with Crippen molar-refractivity contribution >= 4 is 5.91 Å². The van der Waals surface area contributed by atoms with E-state index in [2.05, 4.69) is 16.4 Å². The summed E-state index contributed by atoms with van der Waals surface area (Å²) in [5, 5.41) is 11.8. The Bertz CT molecular complexity index is 954. The molecule has 0 spiro atoms. The molecule has 0 aliphatic carbocycles. The summed E-state index contributed by atoms with van der Waals surface area (Å²) in [6, 6.07) is 18.4. The first-order valence-electron chi connectivity index (χ1n) is 8.58. The Labute approximate surface area is 158 Å². The summed E-state index contributed by atoms with van der Waals surface area (Å²) in [6.07, 6.45) is 0. The number of aromatic nitrogens is 1. The molecule has 6 heteroatoms. The van der Waals surface area contributed by atoms with Crippen molar-refractivity contribution in [1.29, 1.82) is 5.26 Å². The Kier molecular flexibility index (Phi) is 5.64. The molecule has 0 bridgehead atoms. The monoisotopic (exact) mass is 360 g/mol. The van der Waals surface area contributed by atoms with Crippen LogP contribution in [0.25, 0.3) is 22.8 Å². The van der Waals surface area contributed by atoms with Crippen molar-refractivity contribution in [3.05, 3.63) is 65.9 Å². The molecule has 0 saturated carbocycles. The molecule has 0 fully saturated rings. The van der Waals surface area contributed by atoms with Crippen LogP contribution in [0.5, 0.6) is 0 Å². The molecule has 27 heavy (non-hydrogen) atoms. The van der Waals surface area contributed by atoms with Crippen LogP contribution < -0.4 is 5.32 Å². The van der Waals surface area contributed by atoms with Gasteiger partial charge in [0.1, 0.15) is 0 Å². The number of nitrogens with one attached hydrogen (secondary N) is 1. The summed E-state index contributed by atoms with van der Waals surface area (Å²) in [4.78, 5) is 19.1. The Morgan fingerprint density at radius 3 is 2.44 bits per heavy atom. The number of nitriles is 1. The molecule has 0 radical (unpaired) electrons. The van der Waals surface area contributed by atoms with E-state index >= 15 is 0 Å². The fourth-order valence-corrected chi connectivity index (χ4v) is 2.55. The third kappa shape index (κ3) is 4.40. The van der Waals surface area contributed by atoms with Crippen molar-refractivity contribution in [1.82, 2.24) is 15.2 Å². The van der Waals surface area contributed by atoms with E-state index in [0.29, 0.717) is 29.3 Å². The highest BCUT2D eigenvalue weighted by Crippen LogP contribution is 2.30. The second kappa shape index (κ2) is 8.30. The van der Waals surface area contributed by atoms with Gasteiger partial charge in [0.05, 0.1) is 11.6 Å². The molecule has 0 saturated heterocycles. The smallest absolute Gasteiger partial charge is 0.273 e. The average molecular weight is 360 g/mol. The van der Waals surface area contributed by atoms with Gasteiger partial charge in [0.25, 0.3) is 5.91 Å². The van der Waals surface area contributed by atoms with Gasteiger partial charge in [-0.05, 0) is 38.4 Å². The third-order valence-corrected chi connectivity index (χ3v) is 3.98. The summed E-state index contributed by atoms with van der Waals surface area (Å²) >= 11 is 0. The Balaban J connectivity index is 1.96. The molecule has 1 amide bonds. The molecule has 3 rings (SSSR count). The molecule has 2 aromatic carbocycles. The van der Waals surface area contributed by atoms with Crippen molar-refractivity contribution in [2.24, 2.45) is 0 Å². The first-order chi connectivity index (χ1) is 13.1. The van der Waals surface area contributed by atoms with Gasteiger partial charge in [-0.3, -0.25) is 4.79 Å². The molecule has 0 unspecified atom stereocenters. The molecule has 136 valence electrons. The first kappa shape index (κ1) is 18.4. The molecule has 6 nitrogen and oxygen atoms in total. The summed E-state index contributed by atoms with van der Waals surface area (Å²) < 4.78 is 5.94. The van der Waals surface area contributed by atoms with E-state index in [0.717, 1.165) is 12.1 Å². The van der Waals surface area contributed by atoms with Crippen molar-refractivity contribution < 1.29 is 9.21 Å². The standard InChI is InChI=1S/C21H20N4O2/c1-25(2)13-12-23-20(26)18-19(16-6-4-3-5-7-16)27-21(24-18)17-10-8-15(14-22)9-11-17/h3-11H,12-13H2,1-2H3,(H,23,26). The van der Waals surface area contributed by atoms with Crippen molar-refractivity contribution in [3.63, 3.8) is 0 Å². The Morgan fingerprint density at radius 1 is 1.11 bits per heavy atom. The number of oxazole rings is 1. The topological polar surface area (TPSA) is 82.2 Å². The lowest BCUT2D eigenvalue weighted by atomic mass is 10.1. The van der Waals surface area contributed by atoms with Crippen molar-refractivity contribution in [3.8, 4) is 28.8 Å². The zero-order valence-electron chi connectivity index (χ0n) is 15.3. The molecule has 0 aliphatic heterocycles. The highest BCUT2D eigenvalue weighted by Gasteiger charge is 2.22. The number of amides is 1. The maximum Gasteiger partial charge on any atom is 0.273 e. The summed E-state index contributed by atoms with van der Waals surface area (Å²) in [5.41, 5.74) is 2.29. The number of carbonyl (C=O) groups is 1. The minimum absolute atomic E-state index is 0.249. The average Bonchev–Trinajstić information content (AvgIpc) is 3.14. The molecule has 1 N–H and O–H groups in total. The zero-order valence-corrected chi connectivity index (χ0v) is 15.3. The van der Waals surface area contributed by atoms with Crippen LogP contribution in [0.4, 0.5) is 0 Å². The second-order valence-electron chi connectivity index (χ2n) is 6.31. The molecule has 0 aliphatic rings. The lowest BCUT2D eigenvalue weighted by molar-refractivity contribution is 0.0947. The van der Waals surface area contributed by atoms with E-state index in [1.807, 2.05) is 49.3 Å². The first-order valence-corrected chi connectivity index (χ1v) is 8.58. The van der Waals surface area contributed by atoms with E-state index < -0.39 is 0 Å². The number of likely N-dealkylation sites (N-methyl/N-ethyl adjacent to an activating group) is 1. The van der Waals surface area contributed by atoms with E-state index in [4.69, 9.17) is 9.68 Å². The van der Waals surface area contributed by atoms with Gasteiger partial charge in [0.2, 0.25) is 5.89 Å². The van der Waals surface area contributed by atoms with Crippen LogP contribution in [0, 0.1) is 11.3 Å². The van der Waals surface area contributed by atoms with Gasteiger partial charge in [-0.1, -0.05) is 30.3 Å². The van der Waals surface area contributed by atoms with Crippen molar-refractivity contribution in [2.75, 3.05) is 27.2 Å². The number of carbonyl (C=O) groups excluding carboxylic acids is 1. The number of hydrogen-bond acceptors (Lipinski definition) is 5. The predicted octanol–water partition coefficient (Wildman–Crippen LogP) is 3.17. The van der Waals surface area contributed by atoms with Crippen LogP contribution in [0.15, 0.2) is 59.0 Å². The van der Waals surface area contributed by atoms with Gasteiger partial charge < -0.3 is 14.6 Å². The van der Waals surface area contributed by atoms with E-state index in [1.54, 1.807) is 24.3 Å². The zero-order chi connectivity index (χ0) is 19.2. The van der Waals surface area contributed by atoms with Crippen LogP contribution in [0.2, 0.25) is 0 Å². The van der Waals surface area contributed by atoms with Gasteiger partial charge in [0.15, 0.2) is 11.5 Å². The van der Waals surface area contributed by atoms with Crippen LogP contribution in [0.3, 0.4) is 0 Å². The summed E-state index contributed by atoms with van der Waals surface area (Å²) in [6.45, 7) is 1.24. The minimum atomic E-state index is -0.278. The van der Waals surface area contributed by atoms with E-state index in [9.17, 15) is 4.79 Å². The molecule has 3 aromatic rings. The predicted molar refractivity (Wildman–Crippen MR) is 103 cm³/mol. The van der Waals surface area contributed by atoms with Crippen LogP contribution in [-0.4, -0.2) is 43.0 Å². The Morgan fingerprint density at radius 2 is 1.81 bits per heavy atom.